The zero-order valence-corrected chi connectivity index (χ0v) is 17.1. The Kier molecular flexibility index (Phi) is 5.36. The topological polar surface area (TPSA) is 70.9 Å². The summed E-state index contributed by atoms with van der Waals surface area (Å²) in [5, 5.41) is 15.1. The van der Waals surface area contributed by atoms with Crippen LogP contribution in [-0.2, 0) is 5.60 Å². The first kappa shape index (κ1) is 19.5. The third kappa shape index (κ3) is 4.20. The van der Waals surface area contributed by atoms with Crippen LogP contribution in [0.25, 0.3) is 22.0 Å². The van der Waals surface area contributed by atoms with Crippen molar-refractivity contribution in [3.8, 4) is 11.1 Å². The van der Waals surface area contributed by atoms with Crippen LogP contribution in [0.5, 0.6) is 0 Å². The van der Waals surface area contributed by atoms with E-state index in [-0.39, 0.29) is 0 Å². The minimum Gasteiger partial charge on any atom is -0.383 e. The molecule has 2 N–H and O–H groups in total. The number of pyridine rings is 1. The van der Waals surface area contributed by atoms with Crippen LogP contribution >= 0.6 is 11.6 Å². The van der Waals surface area contributed by atoms with E-state index in [1.54, 1.807) is 26.2 Å². The first-order valence-electron chi connectivity index (χ1n) is 9.06. The molecule has 0 fully saturated rings. The molecule has 0 spiro atoms. The normalized spacial score (nSPS) is 12.0. The summed E-state index contributed by atoms with van der Waals surface area (Å²) in [7, 11) is 0. The van der Waals surface area contributed by atoms with E-state index in [0.29, 0.717) is 16.8 Å². The molecule has 0 saturated heterocycles. The number of fused-ring (bicyclic) bond motifs is 1. The second-order valence-electron chi connectivity index (χ2n) is 7.75. The van der Waals surface area contributed by atoms with Gasteiger partial charge >= 0.3 is 0 Å². The third-order valence-corrected chi connectivity index (χ3v) is 4.77. The second-order valence-corrected chi connectivity index (χ2v) is 8.13. The van der Waals surface area contributed by atoms with Gasteiger partial charge in [-0.1, -0.05) is 31.5 Å². The van der Waals surface area contributed by atoms with Crippen molar-refractivity contribution in [1.82, 2.24) is 15.0 Å². The zero-order valence-electron chi connectivity index (χ0n) is 16.3. The number of nitrogens with one attached hydrogen (secondary N) is 1. The fourth-order valence-electron chi connectivity index (χ4n) is 2.81. The number of nitrogens with zero attached hydrogens (tertiary/aromatic N) is 3. The number of anilines is 1. The van der Waals surface area contributed by atoms with E-state index in [4.69, 9.17) is 11.6 Å². The van der Waals surface area contributed by atoms with Crippen molar-refractivity contribution < 1.29 is 5.11 Å². The Labute approximate surface area is 164 Å². The van der Waals surface area contributed by atoms with Gasteiger partial charge in [-0.25, -0.2) is 9.97 Å². The van der Waals surface area contributed by atoms with Crippen molar-refractivity contribution in [2.45, 2.75) is 40.2 Å². The number of hydrogen-bond acceptors (Lipinski definition) is 5. The summed E-state index contributed by atoms with van der Waals surface area (Å²) in [6, 6.07) is 6.04. The smallest absolute Gasteiger partial charge is 0.159 e. The largest absolute Gasteiger partial charge is 0.383 e. The van der Waals surface area contributed by atoms with E-state index in [0.717, 1.165) is 40.0 Å². The van der Waals surface area contributed by atoms with E-state index < -0.39 is 5.60 Å². The molecule has 27 heavy (non-hydrogen) atoms. The molecule has 142 valence electrons. The van der Waals surface area contributed by atoms with Crippen LogP contribution in [0.3, 0.4) is 0 Å². The molecule has 0 radical (unpaired) electrons. The highest BCUT2D eigenvalue weighted by atomic mass is 35.5. The molecule has 0 aliphatic carbocycles. The van der Waals surface area contributed by atoms with Crippen molar-refractivity contribution in [1.29, 1.82) is 0 Å². The summed E-state index contributed by atoms with van der Waals surface area (Å²) in [6.07, 6.45) is 3.46. The molecule has 0 aliphatic rings. The van der Waals surface area contributed by atoms with Gasteiger partial charge in [0.1, 0.15) is 5.60 Å². The number of benzene rings is 1. The Morgan fingerprint density at radius 3 is 2.41 bits per heavy atom. The predicted octanol–water partition coefficient (Wildman–Crippen LogP) is 4.95. The highest BCUT2D eigenvalue weighted by Gasteiger charge is 2.19. The molecule has 5 nitrogen and oxygen atoms in total. The van der Waals surface area contributed by atoms with Gasteiger partial charge in [0.2, 0.25) is 0 Å². The van der Waals surface area contributed by atoms with E-state index in [1.165, 1.54) is 0 Å². The highest BCUT2D eigenvalue weighted by molar-refractivity contribution is 6.35. The van der Waals surface area contributed by atoms with Gasteiger partial charge in [-0.15, -0.1) is 0 Å². The molecule has 0 amide bonds. The molecular formula is C21H25ClN4O. The summed E-state index contributed by atoms with van der Waals surface area (Å²) in [4.78, 5) is 13.2. The average Bonchev–Trinajstić information content (AvgIpc) is 2.61. The summed E-state index contributed by atoms with van der Waals surface area (Å²) in [5.41, 5.74) is 3.38. The standard InChI is InChI=1S/C21H25ClN4O/c1-12(2)9-23-19-16-8-14(6-7-17(16)26-13(3)18(19)22)15-10-24-20(25-11-15)21(4,5)27/h6-8,10-12,27H,9H2,1-5H3,(H,23,26). The Morgan fingerprint density at radius 2 is 1.81 bits per heavy atom. The molecule has 3 aromatic rings. The SMILES string of the molecule is Cc1nc2ccc(-c3cnc(C(C)(C)O)nc3)cc2c(NCC(C)C)c1Cl. The molecule has 3 rings (SSSR count). The van der Waals surface area contributed by atoms with Gasteiger partial charge in [0.25, 0.3) is 0 Å². The van der Waals surface area contributed by atoms with Crippen molar-refractivity contribution in [3.05, 3.63) is 47.1 Å². The lowest BCUT2D eigenvalue weighted by Crippen LogP contribution is -2.19. The van der Waals surface area contributed by atoms with Gasteiger partial charge < -0.3 is 10.4 Å². The Hall–Kier alpha value is -2.24. The van der Waals surface area contributed by atoms with E-state index in [9.17, 15) is 5.11 Å². The quantitative estimate of drug-likeness (QED) is 0.651. The van der Waals surface area contributed by atoms with Crippen LogP contribution < -0.4 is 5.32 Å². The van der Waals surface area contributed by atoms with Crippen molar-refractivity contribution in [2.24, 2.45) is 5.92 Å². The van der Waals surface area contributed by atoms with Crippen molar-refractivity contribution in [3.63, 3.8) is 0 Å². The fourth-order valence-corrected chi connectivity index (χ4v) is 3.03. The molecule has 0 unspecified atom stereocenters. The lowest BCUT2D eigenvalue weighted by atomic mass is 10.0. The van der Waals surface area contributed by atoms with Gasteiger partial charge in [-0.3, -0.25) is 4.98 Å². The summed E-state index contributed by atoms with van der Waals surface area (Å²) >= 11 is 6.55. The van der Waals surface area contributed by atoms with Crippen LogP contribution in [0.15, 0.2) is 30.6 Å². The predicted molar refractivity (Wildman–Crippen MR) is 111 cm³/mol. The van der Waals surface area contributed by atoms with Crippen molar-refractivity contribution >= 4 is 28.2 Å². The summed E-state index contributed by atoms with van der Waals surface area (Å²) in [5.74, 6) is 0.891. The van der Waals surface area contributed by atoms with Crippen LogP contribution in [0, 0.1) is 12.8 Å². The fraction of sp³-hybridized carbons (Fsp3) is 0.381. The minimum atomic E-state index is -1.06. The molecule has 0 saturated carbocycles. The van der Waals surface area contributed by atoms with Gasteiger partial charge in [0.15, 0.2) is 5.82 Å². The maximum atomic E-state index is 10.0. The Balaban J connectivity index is 2.08. The highest BCUT2D eigenvalue weighted by Crippen LogP contribution is 2.35. The van der Waals surface area contributed by atoms with Crippen LogP contribution in [0.2, 0.25) is 5.02 Å². The minimum absolute atomic E-state index is 0.395. The number of hydrogen-bond donors (Lipinski definition) is 2. The first-order valence-corrected chi connectivity index (χ1v) is 9.43. The van der Waals surface area contributed by atoms with Gasteiger partial charge in [-0.2, -0.15) is 0 Å². The summed E-state index contributed by atoms with van der Waals surface area (Å²) in [6.45, 7) is 10.4. The monoisotopic (exact) mass is 384 g/mol. The molecule has 0 atom stereocenters. The average molecular weight is 385 g/mol. The van der Waals surface area contributed by atoms with Crippen LogP contribution in [0.4, 0.5) is 5.69 Å². The van der Waals surface area contributed by atoms with Crippen molar-refractivity contribution in [2.75, 3.05) is 11.9 Å². The van der Waals surface area contributed by atoms with E-state index in [1.807, 2.05) is 19.1 Å². The molecule has 2 heterocycles. The Morgan fingerprint density at radius 1 is 1.15 bits per heavy atom. The van der Waals surface area contributed by atoms with E-state index in [2.05, 4.69) is 40.2 Å². The third-order valence-electron chi connectivity index (χ3n) is 4.31. The number of aliphatic hydroxyl groups is 1. The van der Waals surface area contributed by atoms with Crippen LogP contribution in [-0.4, -0.2) is 26.6 Å². The van der Waals surface area contributed by atoms with Gasteiger partial charge in [0.05, 0.1) is 21.9 Å². The van der Waals surface area contributed by atoms with Gasteiger partial charge in [-0.05, 0) is 44.4 Å². The lowest BCUT2D eigenvalue weighted by Gasteiger charge is -2.16. The second kappa shape index (κ2) is 7.41. The van der Waals surface area contributed by atoms with Gasteiger partial charge in [0, 0.05) is 29.9 Å². The molecule has 0 bridgehead atoms. The number of aromatic nitrogens is 3. The number of halogens is 1. The van der Waals surface area contributed by atoms with E-state index >= 15 is 0 Å². The number of aryl methyl sites for hydroxylation is 1. The maximum Gasteiger partial charge on any atom is 0.159 e. The molecule has 1 aromatic carbocycles. The van der Waals surface area contributed by atoms with Crippen LogP contribution in [0.1, 0.15) is 39.2 Å². The molecular weight excluding hydrogens is 360 g/mol. The maximum absolute atomic E-state index is 10.0. The molecule has 6 heteroatoms. The Bertz CT molecular complexity index is 963. The molecule has 2 aromatic heterocycles. The summed E-state index contributed by atoms with van der Waals surface area (Å²) < 4.78 is 0. The zero-order chi connectivity index (χ0) is 19.8. The molecule has 0 aliphatic heterocycles. The lowest BCUT2D eigenvalue weighted by molar-refractivity contribution is 0.0687. The first-order chi connectivity index (χ1) is 12.7. The number of rotatable bonds is 5.